The van der Waals surface area contributed by atoms with Gasteiger partial charge in [0.1, 0.15) is 5.70 Å². The van der Waals surface area contributed by atoms with Gasteiger partial charge >= 0.3 is 5.97 Å². The van der Waals surface area contributed by atoms with Gasteiger partial charge in [-0.25, -0.2) is 4.79 Å². The monoisotopic (exact) mass is 383 g/mol. The molecule has 0 radical (unpaired) electrons. The number of nitrogens with one attached hydrogen (secondary N) is 2. The van der Waals surface area contributed by atoms with Crippen LogP contribution in [0, 0.1) is 10.1 Å². The SMILES string of the molecule is CC(=O)N/C(=C\c1ccccc1)C(=O)OCC(=O)Nc1ccc([N+](=O)[O-])cc1. The van der Waals surface area contributed by atoms with E-state index in [9.17, 15) is 24.5 Å². The Kier molecular flexibility index (Phi) is 6.98. The summed E-state index contributed by atoms with van der Waals surface area (Å²) in [4.78, 5) is 45.5. The minimum absolute atomic E-state index is 0.109. The van der Waals surface area contributed by atoms with Gasteiger partial charge in [0.2, 0.25) is 5.91 Å². The number of amides is 2. The smallest absolute Gasteiger partial charge is 0.355 e. The lowest BCUT2D eigenvalue weighted by atomic mass is 10.2. The van der Waals surface area contributed by atoms with Gasteiger partial charge in [-0.3, -0.25) is 19.7 Å². The van der Waals surface area contributed by atoms with Crippen LogP contribution in [0.4, 0.5) is 11.4 Å². The van der Waals surface area contributed by atoms with Crippen molar-refractivity contribution in [1.29, 1.82) is 0 Å². The Balaban J connectivity index is 1.97. The molecule has 0 aliphatic rings. The molecule has 2 amide bonds. The van der Waals surface area contributed by atoms with Gasteiger partial charge in [0.25, 0.3) is 11.6 Å². The molecule has 0 saturated heterocycles. The van der Waals surface area contributed by atoms with Gasteiger partial charge in [0.15, 0.2) is 6.61 Å². The van der Waals surface area contributed by atoms with Crippen molar-refractivity contribution in [1.82, 2.24) is 5.32 Å². The van der Waals surface area contributed by atoms with Gasteiger partial charge in [-0.15, -0.1) is 0 Å². The van der Waals surface area contributed by atoms with Gasteiger partial charge in [-0.1, -0.05) is 30.3 Å². The van der Waals surface area contributed by atoms with Crippen LogP contribution in [0.25, 0.3) is 6.08 Å². The number of benzene rings is 2. The predicted octanol–water partition coefficient (Wildman–Crippen LogP) is 2.25. The molecule has 0 bridgehead atoms. The number of hydrogen-bond acceptors (Lipinski definition) is 6. The van der Waals surface area contributed by atoms with Crippen LogP contribution in [0.5, 0.6) is 0 Å². The first-order valence-corrected chi connectivity index (χ1v) is 8.11. The molecule has 2 N–H and O–H groups in total. The number of rotatable bonds is 7. The number of ether oxygens (including phenoxy) is 1. The van der Waals surface area contributed by atoms with Gasteiger partial charge < -0.3 is 15.4 Å². The molecule has 0 unspecified atom stereocenters. The Labute approximate surface area is 160 Å². The number of nitro groups is 1. The first-order chi connectivity index (χ1) is 13.3. The third-order valence-corrected chi connectivity index (χ3v) is 3.34. The highest BCUT2D eigenvalue weighted by atomic mass is 16.6. The summed E-state index contributed by atoms with van der Waals surface area (Å²) in [5.74, 6) is -1.98. The van der Waals surface area contributed by atoms with E-state index in [0.717, 1.165) is 0 Å². The van der Waals surface area contributed by atoms with Crippen molar-refractivity contribution in [2.45, 2.75) is 6.92 Å². The number of esters is 1. The molecular formula is C19H17N3O6. The van der Waals surface area contributed by atoms with Crippen molar-refractivity contribution < 1.29 is 24.0 Å². The second-order valence-corrected chi connectivity index (χ2v) is 5.58. The number of hydrogen-bond donors (Lipinski definition) is 2. The van der Waals surface area contributed by atoms with E-state index in [4.69, 9.17) is 4.74 Å². The van der Waals surface area contributed by atoms with E-state index in [2.05, 4.69) is 10.6 Å². The fraction of sp³-hybridized carbons (Fsp3) is 0.105. The van der Waals surface area contributed by atoms with Crippen molar-refractivity contribution in [3.05, 3.63) is 76.0 Å². The third kappa shape index (κ3) is 6.37. The van der Waals surface area contributed by atoms with Crippen molar-refractivity contribution in [3.8, 4) is 0 Å². The molecule has 9 heteroatoms. The second kappa shape index (κ2) is 9.62. The number of nitrogens with zero attached hydrogens (tertiary/aromatic N) is 1. The third-order valence-electron chi connectivity index (χ3n) is 3.34. The van der Waals surface area contributed by atoms with Crippen LogP contribution in [0.15, 0.2) is 60.3 Å². The molecule has 0 spiro atoms. The van der Waals surface area contributed by atoms with Crippen LogP contribution in [-0.4, -0.2) is 29.3 Å². The van der Waals surface area contributed by atoms with Crippen molar-refractivity contribution in [3.63, 3.8) is 0 Å². The van der Waals surface area contributed by atoms with Crippen LogP contribution in [0.1, 0.15) is 12.5 Å². The standard InChI is InChI=1S/C19H17N3O6/c1-13(23)20-17(11-14-5-3-2-4-6-14)19(25)28-12-18(24)21-15-7-9-16(10-8-15)22(26)27/h2-11H,12H2,1H3,(H,20,23)(H,21,24)/b17-11-. The molecule has 2 rings (SSSR count). The summed E-state index contributed by atoms with van der Waals surface area (Å²) in [6.07, 6.45) is 1.43. The second-order valence-electron chi connectivity index (χ2n) is 5.58. The van der Waals surface area contributed by atoms with E-state index < -0.39 is 29.3 Å². The number of anilines is 1. The molecule has 0 saturated carbocycles. The van der Waals surface area contributed by atoms with Crippen molar-refractivity contribution in [2.75, 3.05) is 11.9 Å². The molecule has 0 aromatic heterocycles. The van der Waals surface area contributed by atoms with E-state index in [1.54, 1.807) is 30.3 Å². The van der Waals surface area contributed by atoms with Gasteiger partial charge in [-0.2, -0.15) is 0 Å². The lowest BCUT2D eigenvalue weighted by Gasteiger charge is -2.09. The van der Waals surface area contributed by atoms with E-state index >= 15 is 0 Å². The zero-order chi connectivity index (χ0) is 20.5. The Morgan fingerprint density at radius 3 is 2.29 bits per heavy atom. The zero-order valence-corrected chi connectivity index (χ0v) is 14.9. The summed E-state index contributed by atoms with van der Waals surface area (Å²) in [5, 5.41) is 15.4. The number of carbonyl (C=O) groups excluding carboxylic acids is 3. The summed E-state index contributed by atoms with van der Waals surface area (Å²) < 4.78 is 4.93. The summed E-state index contributed by atoms with van der Waals surface area (Å²) in [7, 11) is 0. The summed E-state index contributed by atoms with van der Waals surface area (Å²) in [6, 6.07) is 14.0. The van der Waals surface area contributed by atoms with E-state index in [-0.39, 0.29) is 11.4 Å². The quantitative estimate of drug-likeness (QED) is 0.327. The maximum absolute atomic E-state index is 12.2. The number of nitro benzene ring substituents is 1. The van der Waals surface area contributed by atoms with Crippen molar-refractivity contribution >= 4 is 35.2 Å². The Bertz CT molecular complexity index is 907. The van der Waals surface area contributed by atoms with Gasteiger partial charge in [-0.05, 0) is 23.8 Å². The minimum Gasteiger partial charge on any atom is -0.451 e. The molecule has 144 valence electrons. The lowest BCUT2D eigenvalue weighted by Crippen LogP contribution is -2.28. The van der Waals surface area contributed by atoms with Crippen LogP contribution in [0.3, 0.4) is 0 Å². The Hall–Kier alpha value is -4.01. The maximum Gasteiger partial charge on any atom is 0.355 e. The minimum atomic E-state index is -0.877. The summed E-state index contributed by atoms with van der Waals surface area (Å²) in [6.45, 7) is 0.648. The highest BCUT2D eigenvalue weighted by Gasteiger charge is 2.15. The fourth-order valence-electron chi connectivity index (χ4n) is 2.12. The van der Waals surface area contributed by atoms with E-state index in [1.807, 2.05) is 0 Å². The molecular weight excluding hydrogens is 366 g/mol. The molecule has 28 heavy (non-hydrogen) atoms. The van der Waals surface area contributed by atoms with Crippen molar-refractivity contribution in [2.24, 2.45) is 0 Å². The molecule has 0 aliphatic heterocycles. The van der Waals surface area contributed by atoms with Crippen LogP contribution < -0.4 is 10.6 Å². The summed E-state index contributed by atoms with van der Waals surface area (Å²) in [5.41, 5.74) is 0.754. The largest absolute Gasteiger partial charge is 0.451 e. The van der Waals surface area contributed by atoms with Gasteiger partial charge in [0.05, 0.1) is 4.92 Å². The number of carbonyl (C=O) groups is 3. The Morgan fingerprint density at radius 2 is 1.71 bits per heavy atom. The zero-order valence-electron chi connectivity index (χ0n) is 14.9. The van der Waals surface area contributed by atoms with Gasteiger partial charge in [0, 0.05) is 24.7 Å². The fourth-order valence-corrected chi connectivity index (χ4v) is 2.12. The first kappa shape index (κ1) is 20.3. The molecule has 0 atom stereocenters. The van der Waals surface area contributed by atoms with E-state index in [0.29, 0.717) is 11.3 Å². The molecule has 9 nitrogen and oxygen atoms in total. The molecule has 0 heterocycles. The van der Waals surface area contributed by atoms with Crippen LogP contribution in [0.2, 0.25) is 0 Å². The average molecular weight is 383 g/mol. The lowest BCUT2D eigenvalue weighted by molar-refractivity contribution is -0.384. The van der Waals surface area contributed by atoms with Crippen LogP contribution >= 0.6 is 0 Å². The normalized spacial score (nSPS) is 10.7. The topological polar surface area (TPSA) is 128 Å². The Morgan fingerprint density at radius 1 is 1.07 bits per heavy atom. The summed E-state index contributed by atoms with van der Waals surface area (Å²) >= 11 is 0. The maximum atomic E-state index is 12.2. The highest BCUT2D eigenvalue weighted by Crippen LogP contribution is 2.15. The van der Waals surface area contributed by atoms with E-state index in [1.165, 1.54) is 37.3 Å². The first-order valence-electron chi connectivity index (χ1n) is 8.11. The molecule has 0 aliphatic carbocycles. The molecule has 0 fully saturated rings. The number of non-ortho nitro benzene ring substituents is 1. The predicted molar refractivity (Wildman–Crippen MR) is 101 cm³/mol. The average Bonchev–Trinajstić information content (AvgIpc) is 2.66. The van der Waals surface area contributed by atoms with Crippen LogP contribution in [-0.2, 0) is 19.1 Å². The highest BCUT2D eigenvalue weighted by molar-refractivity contribution is 5.99. The molecule has 2 aromatic carbocycles. The molecule has 2 aromatic rings.